The van der Waals surface area contributed by atoms with Gasteiger partial charge in [-0.15, -0.1) is 0 Å². The smallest absolute Gasteiger partial charge is 0.276 e. The molecule has 12 nitrogen and oxygen atoms in total. The van der Waals surface area contributed by atoms with E-state index in [0.29, 0.717) is 35.4 Å². The highest BCUT2D eigenvalue weighted by atomic mass is 32.2. The number of imidazole rings is 2. The van der Waals surface area contributed by atoms with Crippen molar-refractivity contribution >= 4 is 33.0 Å². The summed E-state index contributed by atoms with van der Waals surface area (Å²) < 4.78 is 43.3. The summed E-state index contributed by atoms with van der Waals surface area (Å²) in [6.45, 7) is 2.15. The number of alkyl halides is 1. The molecule has 5 rings (SSSR count). The summed E-state index contributed by atoms with van der Waals surface area (Å²) in [5, 5.41) is 15.7. The maximum absolute atomic E-state index is 14.9. The lowest BCUT2D eigenvalue weighted by atomic mass is 10.2. The summed E-state index contributed by atoms with van der Waals surface area (Å²) in [5.41, 5.74) is 1.03. The lowest BCUT2D eigenvalue weighted by Crippen LogP contribution is -2.33. The Hall–Kier alpha value is -2.84. The quantitative estimate of drug-likeness (QED) is 0.345. The third kappa shape index (κ3) is 4.13. The van der Waals surface area contributed by atoms with E-state index in [-0.39, 0.29) is 30.9 Å². The van der Waals surface area contributed by atoms with E-state index >= 15 is 0 Å². The summed E-state index contributed by atoms with van der Waals surface area (Å²) in [6, 6.07) is -0.993. The molecule has 4 heterocycles. The van der Waals surface area contributed by atoms with Gasteiger partial charge in [-0.05, 0) is 25.7 Å². The number of anilines is 2. The minimum absolute atomic E-state index is 0.0450. The second-order valence-corrected chi connectivity index (χ2v) is 10.2. The van der Waals surface area contributed by atoms with Gasteiger partial charge in [0.15, 0.2) is 17.0 Å². The summed E-state index contributed by atoms with van der Waals surface area (Å²) in [7, 11) is -3.93. The zero-order valence-electron chi connectivity index (χ0n) is 18.0. The van der Waals surface area contributed by atoms with E-state index in [4.69, 9.17) is 0 Å². The predicted octanol–water partition coefficient (Wildman–Crippen LogP) is 0.575. The van der Waals surface area contributed by atoms with Gasteiger partial charge in [0, 0.05) is 32.0 Å². The van der Waals surface area contributed by atoms with Crippen molar-refractivity contribution in [3.05, 3.63) is 18.7 Å². The van der Waals surface area contributed by atoms with Gasteiger partial charge in [0.25, 0.3) is 10.0 Å². The molecule has 3 aromatic rings. The fourth-order valence-corrected chi connectivity index (χ4v) is 5.42. The number of fused-ring (bicyclic) bond motifs is 1. The molecule has 0 aromatic carbocycles. The van der Waals surface area contributed by atoms with E-state index in [0.717, 1.165) is 17.1 Å². The first-order valence-electron chi connectivity index (χ1n) is 10.9. The molecule has 0 bridgehead atoms. The second-order valence-electron chi connectivity index (χ2n) is 8.35. The molecule has 178 valence electrons. The Morgan fingerprint density at radius 2 is 2.12 bits per heavy atom. The molecular weight excluding hydrogens is 453 g/mol. The van der Waals surface area contributed by atoms with Gasteiger partial charge in [0.05, 0.1) is 25.0 Å². The number of halogens is 1. The third-order valence-electron chi connectivity index (χ3n) is 6.10. The number of aliphatic hydroxyl groups is 1. The van der Waals surface area contributed by atoms with Crippen LogP contribution in [0, 0.1) is 5.92 Å². The van der Waals surface area contributed by atoms with E-state index in [1.165, 1.54) is 12.4 Å². The topological polar surface area (TPSA) is 154 Å². The van der Waals surface area contributed by atoms with E-state index in [2.05, 4.69) is 35.6 Å². The minimum atomic E-state index is -3.93. The molecule has 0 radical (unpaired) electrons. The van der Waals surface area contributed by atoms with Crippen LogP contribution in [0.25, 0.3) is 11.2 Å². The maximum Gasteiger partial charge on any atom is 0.276 e. The molecule has 33 heavy (non-hydrogen) atoms. The second kappa shape index (κ2) is 8.50. The molecule has 1 saturated carbocycles. The predicted molar refractivity (Wildman–Crippen MR) is 118 cm³/mol. The number of H-pyrrole nitrogens is 1. The fraction of sp³-hybridized carbons (Fsp3) is 0.579. The highest BCUT2D eigenvalue weighted by molar-refractivity contribution is 7.89. The molecule has 2 aliphatic rings. The third-order valence-corrected chi connectivity index (χ3v) is 7.79. The zero-order valence-corrected chi connectivity index (χ0v) is 18.8. The molecule has 0 spiro atoms. The zero-order chi connectivity index (χ0) is 23.2. The Morgan fingerprint density at radius 3 is 2.79 bits per heavy atom. The van der Waals surface area contributed by atoms with Gasteiger partial charge in [0.1, 0.15) is 6.17 Å². The Labute approximate surface area is 189 Å². The number of hydrogen-bond donors (Lipinski definition) is 4. The van der Waals surface area contributed by atoms with Crippen molar-refractivity contribution in [2.45, 2.75) is 49.7 Å². The van der Waals surface area contributed by atoms with Crippen LogP contribution in [0.3, 0.4) is 0 Å². The lowest BCUT2D eigenvalue weighted by Gasteiger charge is -2.19. The van der Waals surface area contributed by atoms with Crippen LogP contribution in [0.15, 0.2) is 23.9 Å². The molecule has 2 fully saturated rings. The number of rotatable bonds is 9. The van der Waals surface area contributed by atoms with Gasteiger partial charge in [0.2, 0.25) is 11.1 Å². The summed E-state index contributed by atoms with van der Waals surface area (Å²) in [6.07, 6.45) is 4.98. The normalized spacial score (nSPS) is 22.6. The van der Waals surface area contributed by atoms with Crippen molar-refractivity contribution in [1.29, 1.82) is 0 Å². The first-order chi connectivity index (χ1) is 15.9. The summed E-state index contributed by atoms with van der Waals surface area (Å²) in [4.78, 5) is 19.8. The van der Waals surface area contributed by atoms with Crippen molar-refractivity contribution in [3.63, 3.8) is 0 Å². The number of nitrogens with zero attached hydrogens (tertiary/aromatic N) is 6. The van der Waals surface area contributed by atoms with E-state index in [9.17, 15) is 17.9 Å². The van der Waals surface area contributed by atoms with Crippen LogP contribution in [0.4, 0.5) is 16.2 Å². The van der Waals surface area contributed by atoms with Gasteiger partial charge in [-0.2, -0.15) is 14.3 Å². The highest BCUT2D eigenvalue weighted by Gasteiger charge is 2.41. The van der Waals surface area contributed by atoms with Crippen molar-refractivity contribution < 1.29 is 17.9 Å². The van der Waals surface area contributed by atoms with Crippen molar-refractivity contribution in [2.75, 3.05) is 30.3 Å². The van der Waals surface area contributed by atoms with E-state index in [1.807, 2.05) is 11.5 Å². The van der Waals surface area contributed by atoms with Crippen LogP contribution >= 0.6 is 0 Å². The van der Waals surface area contributed by atoms with Crippen LogP contribution in [-0.4, -0.2) is 85.3 Å². The molecule has 1 saturated heterocycles. The number of aromatic amines is 1. The van der Waals surface area contributed by atoms with Crippen LogP contribution < -0.4 is 10.6 Å². The molecule has 1 aliphatic carbocycles. The number of aromatic nitrogens is 6. The SMILES string of the molecule is CCn1cnc2c(N[C@@H]3CN(S(=O)(=O)c4ncc[nH]4)C[C@H]3F)nc(N[C@@H](CO)C3CC3)nc21. The van der Waals surface area contributed by atoms with Gasteiger partial charge < -0.3 is 25.3 Å². The molecule has 1 aliphatic heterocycles. The maximum atomic E-state index is 14.9. The molecule has 14 heteroatoms. The first-order valence-corrected chi connectivity index (χ1v) is 12.3. The number of hydrogen-bond acceptors (Lipinski definition) is 9. The molecule has 3 atom stereocenters. The number of aliphatic hydroxyl groups excluding tert-OH is 1. The Morgan fingerprint density at radius 1 is 1.30 bits per heavy atom. The minimum Gasteiger partial charge on any atom is -0.394 e. The summed E-state index contributed by atoms with van der Waals surface area (Å²) >= 11 is 0. The summed E-state index contributed by atoms with van der Waals surface area (Å²) in [5.74, 6) is 0.985. The standard InChI is InChI=1S/C19H26FN9O3S/c1-2-28-10-23-15-16(26-18(27-17(15)28)25-14(9-30)11-3-4-11)24-13-8-29(7-12(13)20)33(31,32)19-21-5-6-22-19/h5-6,10-14,30H,2-4,7-9H2,1H3,(H,21,22)(H2,24,25,26,27)/t12-,13-,14+/m1/s1. The largest absolute Gasteiger partial charge is 0.394 e. The van der Waals surface area contributed by atoms with Crippen molar-refractivity contribution in [1.82, 2.24) is 33.8 Å². The molecular formula is C19H26FN9O3S. The first kappa shape index (κ1) is 22.0. The van der Waals surface area contributed by atoms with Crippen LogP contribution in [0.1, 0.15) is 19.8 Å². The van der Waals surface area contributed by atoms with Crippen LogP contribution in [0.2, 0.25) is 0 Å². The van der Waals surface area contributed by atoms with Crippen molar-refractivity contribution in [3.8, 4) is 0 Å². The number of aryl methyl sites for hydroxylation is 1. The molecule has 4 N–H and O–H groups in total. The van der Waals surface area contributed by atoms with Crippen LogP contribution in [-0.2, 0) is 16.6 Å². The molecule has 3 aromatic heterocycles. The average Bonchev–Trinajstić information content (AvgIpc) is 3.17. The fourth-order valence-electron chi connectivity index (χ4n) is 4.07. The van der Waals surface area contributed by atoms with Gasteiger partial charge in [-0.25, -0.2) is 22.8 Å². The van der Waals surface area contributed by atoms with Gasteiger partial charge in [-0.3, -0.25) is 0 Å². The number of nitrogens with one attached hydrogen (secondary N) is 3. The van der Waals surface area contributed by atoms with Crippen molar-refractivity contribution in [2.24, 2.45) is 5.92 Å². The monoisotopic (exact) mass is 479 g/mol. The average molecular weight is 480 g/mol. The van der Waals surface area contributed by atoms with Gasteiger partial charge in [-0.1, -0.05) is 0 Å². The van der Waals surface area contributed by atoms with E-state index < -0.39 is 22.2 Å². The lowest BCUT2D eigenvalue weighted by molar-refractivity contribution is 0.263. The Balaban J connectivity index is 1.42. The molecule has 0 amide bonds. The Kier molecular flexibility index (Phi) is 5.66. The van der Waals surface area contributed by atoms with Crippen LogP contribution in [0.5, 0.6) is 0 Å². The molecule has 0 unspecified atom stereocenters. The van der Waals surface area contributed by atoms with Gasteiger partial charge >= 0.3 is 0 Å². The number of sulfonamides is 1. The highest BCUT2D eigenvalue weighted by Crippen LogP contribution is 2.34. The van der Waals surface area contributed by atoms with E-state index in [1.54, 1.807) is 6.33 Å². The Bertz CT molecular complexity index is 1230.